The highest BCUT2D eigenvalue weighted by Gasteiger charge is 2.34. The predicted octanol–water partition coefficient (Wildman–Crippen LogP) is 3.52. The highest BCUT2D eigenvalue weighted by atomic mass is 19.4. The summed E-state index contributed by atoms with van der Waals surface area (Å²) in [5.41, 5.74) is -0.649. The van der Waals surface area contributed by atoms with Gasteiger partial charge in [-0.2, -0.15) is 13.2 Å². The number of anilines is 2. The molecule has 0 atom stereocenters. The predicted molar refractivity (Wildman–Crippen MR) is 69.4 cm³/mol. The molecular weight excluding hydrogens is 255 g/mol. The third-order valence-corrected chi connectivity index (χ3v) is 3.14. The van der Waals surface area contributed by atoms with Crippen LogP contribution in [0.2, 0.25) is 0 Å². The molecule has 0 spiro atoms. The number of aromatic nitrogens is 1. The van der Waals surface area contributed by atoms with Crippen LogP contribution in [0.25, 0.3) is 0 Å². The Kier molecular flexibility index (Phi) is 3.87. The molecule has 1 aromatic rings. The van der Waals surface area contributed by atoms with Crippen LogP contribution in [0.3, 0.4) is 0 Å². The van der Waals surface area contributed by atoms with Gasteiger partial charge >= 0.3 is 6.18 Å². The molecular formula is C13H18F3N3. The second kappa shape index (κ2) is 5.27. The van der Waals surface area contributed by atoms with Crippen LogP contribution < -0.4 is 10.2 Å². The third kappa shape index (κ3) is 3.30. The number of halogens is 3. The molecule has 1 N–H and O–H groups in total. The van der Waals surface area contributed by atoms with Gasteiger partial charge in [-0.05, 0) is 31.4 Å². The van der Waals surface area contributed by atoms with E-state index in [-0.39, 0.29) is 5.82 Å². The first-order valence-corrected chi connectivity index (χ1v) is 6.49. The summed E-state index contributed by atoms with van der Waals surface area (Å²) in [6.45, 7) is 2.75. The number of alkyl halides is 3. The minimum atomic E-state index is -4.34. The fourth-order valence-electron chi connectivity index (χ4n) is 2.07. The second-order valence-electron chi connectivity index (χ2n) is 4.77. The lowest BCUT2D eigenvalue weighted by Crippen LogP contribution is -2.28. The summed E-state index contributed by atoms with van der Waals surface area (Å²) < 4.78 is 38.6. The Hall–Kier alpha value is -1.46. The average molecular weight is 273 g/mol. The van der Waals surface area contributed by atoms with Crippen molar-refractivity contribution in [1.82, 2.24) is 4.98 Å². The van der Waals surface area contributed by atoms with E-state index in [4.69, 9.17) is 0 Å². The number of nitrogens with zero attached hydrogens (tertiary/aromatic N) is 2. The Balaban J connectivity index is 2.37. The Morgan fingerprint density at radius 1 is 1.37 bits per heavy atom. The van der Waals surface area contributed by atoms with Crippen molar-refractivity contribution < 1.29 is 13.2 Å². The molecule has 0 aromatic carbocycles. The molecule has 0 aliphatic heterocycles. The van der Waals surface area contributed by atoms with Gasteiger partial charge in [0.25, 0.3) is 0 Å². The first-order chi connectivity index (χ1) is 8.95. The van der Waals surface area contributed by atoms with Crippen LogP contribution in [0.4, 0.5) is 24.8 Å². The minimum absolute atomic E-state index is 0.256. The third-order valence-electron chi connectivity index (χ3n) is 3.14. The molecule has 1 aliphatic carbocycles. The molecule has 0 bridgehead atoms. The maximum Gasteiger partial charge on any atom is 0.416 e. The summed E-state index contributed by atoms with van der Waals surface area (Å²) in [6, 6.07) is 2.54. The van der Waals surface area contributed by atoms with Gasteiger partial charge < -0.3 is 10.2 Å². The molecule has 0 radical (unpaired) electrons. The molecule has 3 nitrogen and oxygen atoms in total. The first-order valence-electron chi connectivity index (χ1n) is 6.49. The smallest absolute Gasteiger partial charge is 0.373 e. The van der Waals surface area contributed by atoms with E-state index in [0.717, 1.165) is 37.9 Å². The fourth-order valence-corrected chi connectivity index (χ4v) is 2.07. The molecule has 1 saturated carbocycles. The van der Waals surface area contributed by atoms with Crippen molar-refractivity contribution >= 4 is 11.6 Å². The topological polar surface area (TPSA) is 28.2 Å². The molecule has 2 rings (SSSR count). The van der Waals surface area contributed by atoms with Gasteiger partial charge in [-0.3, -0.25) is 0 Å². The lowest BCUT2D eigenvalue weighted by Gasteiger charge is -2.24. The van der Waals surface area contributed by atoms with Crippen molar-refractivity contribution in [3.8, 4) is 0 Å². The highest BCUT2D eigenvalue weighted by molar-refractivity contribution is 5.52. The molecule has 0 unspecified atom stereocenters. The fraction of sp³-hybridized carbons (Fsp3) is 0.615. The maximum absolute atomic E-state index is 12.9. The van der Waals surface area contributed by atoms with Gasteiger partial charge in [-0.1, -0.05) is 6.92 Å². The number of nitrogens with one attached hydrogen (secondary N) is 1. The van der Waals surface area contributed by atoms with Gasteiger partial charge in [-0.25, -0.2) is 4.98 Å². The summed E-state index contributed by atoms with van der Waals surface area (Å²) in [7, 11) is 1.58. The summed E-state index contributed by atoms with van der Waals surface area (Å²) in [6.07, 6.45) is -1.38. The lowest BCUT2D eigenvalue weighted by atomic mass is 10.2. The SMILES string of the molecule is CCCN(c1cc(C(F)(F)F)cc(NC)n1)C1CC1. The van der Waals surface area contributed by atoms with Crippen LogP contribution in [0, 0.1) is 0 Å². The van der Waals surface area contributed by atoms with Gasteiger partial charge in [0.05, 0.1) is 5.56 Å². The molecule has 106 valence electrons. The molecule has 1 aliphatic rings. The van der Waals surface area contributed by atoms with E-state index in [1.807, 2.05) is 11.8 Å². The van der Waals surface area contributed by atoms with Crippen LogP contribution >= 0.6 is 0 Å². The van der Waals surface area contributed by atoms with Crippen LogP contribution in [0.15, 0.2) is 12.1 Å². The number of rotatable bonds is 5. The number of pyridine rings is 1. The minimum Gasteiger partial charge on any atom is -0.373 e. The Bertz CT molecular complexity index is 441. The summed E-state index contributed by atoms with van der Waals surface area (Å²) in [5.74, 6) is 0.676. The van der Waals surface area contributed by atoms with Crippen molar-refractivity contribution in [2.45, 2.75) is 38.4 Å². The normalized spacial score (nSPS) is 15.4. The van der Waals surface area contributed by atoms with Gasteiger partial charge in [0, 0.05) is 19.6 Å². The first kappa shape index (κ1) is 14.0. The standard InChI is InChI=1S/C13H18F3N3/c1-3-6-19(10-4-5-10)12-8-9(13(14,15)16)7-11(17-2)18-12/h7-8,10H,3-6H2,1-2H3,(H,17,18). The average Bonchev–Trinajstić information content (AvgIpc) is 3.18. The van der Waals surface area contributed by atoms with Crippen LogP contribution in [-0.2, 0) is 6.18 Å². The van der Waals surface area contributed by atoms with Gasteiger partial charge in [0.1, 0.15) is 11.6 Å². The van der Waals surface area contributed by atoms with E-state index in [1.165, 1.54) is 0 Å². The number of hydrogen-bond acceptors (Lipinski definition) is 3. The van der Waals surface area contributed by atoms with Crippen molar-refractivity contribution in [3.05, 3.63) is 17.7 Å². The van der Waals surface area contributed by atoms with Crippen LogP contribution in [0.5, 0.6) is 0 Å². The van der Waals surface area contributed by atoms with E-state index in [2.05, 4.69) is 10.3 Å². The van der Waals surface area contributed by atoms with Crippen molar-refractivity contribution in [2.75, 3.05) is 23.8 Å². The zero-order valence-electron chi connectivity index (χ0n) is 11.1. The van der Waals surface area contributed by atoms with E-state index < -0.39 is 11.7 Å². The van der Waals surface area contributed by atoms with Gasteiger partial charge in [0.2, 0.25) is 0 Å². The zero-order valence-corrected chi connectivity index (χ0v) is 11.1. The Labute approximate surface area is 110 Å². The summed E-state index contributed by atoms with van der Waals surface area (Å²) >= 11 is 0. The molecule has 0 amide bonds. The largest absolute Gasteiger partial charge is 0.416 e. The molecule has 19 heavy (non-hydrogen) atoms. The van der Waals surface area contributed by atoms with E-state index in [9.17, 15) is 13.2 Å². The molecule has 1 heterocycles. The van der Waals surface area contributed by atoms with E-state index in [0.29, 0.717) is 11.9 Å². The van der Waals surface area contributed by atoms with Crippen molar-refractivity contribution in [3.63, 3.8) is 0 Å². The summed E-state index contributed by atoms with van der Waals surface area (Å²) in [5, 5.41) is 2.70. The van der Waals surface area contributed by atoms with Crippen molar-refractivity contribution in [1.29, 1.82) is 0 Å². The van der Waals surface area contributed by atoms with Gasteiger partial charge in [0.15, 0.2) is 0 Å². The molecule has 0 saturated heterocycles. The van der Waals surface area contributed by atoms with Gasteiger partial charge in [-0.15, -0.1) is 0 Å². The molecule has 6 heteroatoms. The lowest BCUT2D eigenvalue weighted by molar-refractivity contribution is -0.137. The monoisotopic (exact) mass is 273 g/mol. The molecule has 1 aromatic heterocycles. The Morgan fingerprint density at radius 2 is 2.05 bits per heavy atom. The van der Waals surface area contributed by atoms with Crippen molar-refractivity contribution in [2.24, 2.45) is 0 Å². The quantitative estimate of drug-likeness (QED) is 0.889. The van der Waals surface area contributed by atoms with Crippen LogP contribution in [-0.4, -0.2) is 24.6 Å². The van der Waals surface area contributed by atoms with Crippen LogP contribution in [0.1, 0.15) is 31.7 Å². The number of hydrogen-bond donors (Lipinski definition) is 1. The van der Waals surface area contributed by atoms with E-state index >= 15 is 0 Å². The summed E-state index contributed by atoms with van der Waals surface area (Å²) in [4.78, 5) is 6.24. The second-order valence-corrected chi connectivity index (χ2v) is 4.77. The maximum atomic E-state index is 12.9. The van der Waals surface area contributed by atoms with E-state index in [1.54, 1.807) is 7.05 Å². The molecule has 1 fully saturated rings. The highest BCUT2D eigenvalue weighted by Crippen LogP contribution is 2.36. The Morgan fingerprint density at radius 3 is 2.53 bits per heavy atom. The zero-order chi connectivity index (χ0) is 14.0.